The van der Waals surface area contributed by atoms with Crippen LogP contribution < -0.4 is 5.32 Å². The smallest absolute Gasteiger partial charge is 0.0971 e. The average molecular weight is 258 g/mol. The number of ether oxygens (including phenoxy) is 2. The van der Waals surface area contributed by atoms with Gasteiger partial charge < -0.3 is 14.8 Å². The van der Waals surface area contributed by atoms with Crippen molar-refractivity contribution in [1.29, 1.82) is 0 Å². The van der Waals surface area contributed by atoms with E-state index in [2.05, 4.69) is 37.9 Å². The predicted molar refractivity (Wildman–Crippen MR) is 75.0 cm³/mol. The first-order chi connectivity index (χ1) is 8.43. The number of nitrogens with zero attached hydrogens (tertiary/aromatic N) is 1. The van der Waals surface area contributed by atoms with Gasteiger partial charge in [-0.1, -0.05) is 6.92 Å². The molecule has 0 spiro atoms. The Morgan fingerprint density at radius 2 is 1.72 bits per heavy atom. The van der Waals surface area contributed by atoms with E-state index in [1.54, 1.807) is 14.2 Å². The molecule has 18 heavy (non-hydrogen) atoms. The van der Waals surface area contributed by atoms with Gasteiger partial charge in [0, 0.05) is 45.4 Å². The number of likely N-dealkylation sites (tertiary alicyclic amines) is 1. The molecule has 1 rings (SSSR count). The fraction of sp³-hybridized carbons (Fsp3) is 1.00. The maximum Gasteiger partial charge on any atom is 0.0971 e. The molecule has 108 valence electrons. The Morgan fingerprint density at radius 3 is 2.11 bits per heavy atom. The Kier molecular flexibility index (Phi) is 6.05. The van der Waals surface area contributed by atoms with Crippen LogP contribution in [0.4, 0.5) is 0 Å². The number of hydrogen-bond acceptors (Lipinski definition) is 4. The predicted octanol–water partition coefficient (Wildman–Crippen LogP) is 1.50. The molecule has 1 heterocycles. The lowest BCUT2D eigenvalue weighted by molar-refractivity contribution is -0.00461. The molecule has 3 unspecified atom stereocenters. The molecule has 4 heteroatoms. The minimum absolute atomic E-state index is 0.205. The molecular weight excluding hydrogens is 228 g/mol. The van der Waals surface area contributed by atoms with Gasteiger partial charge in [0.05, 0.1) is 12.2 Å². The molecule has 1 aliphatic heterocycles. The van der Waals surface area contributed by atoms with Crippen molar-refractivity contribution in [2.75, 3.05) is 33.9 Å². The lowest BCUT2D eigenvalue weighted by Gasteiger charge is -2.30. The van der Waals surface area contributed by atoms with Crippen LogP contribution in [-0.2, 0) is 9.47 Å². The Labute approximate surface area is 112 Å². The molecule has 0 aromatic rings. The van der Waals surface area contributed by atoms with Gasteiger partial charge in [-0.2, -0.15) is 0 Å². The summed E-state index contributed by atoms with van der Waals surface area (Å²) in [4.78, 5) is 2.45. The van der Waals surface area contributed by atoms with E-state index < -0.39 is 0 Å². The highest BCUT2D eigenvalue weighted by atomic mass is 16.5. The van der Waals surface area contributed by atoms with Crippen LogP contribution in [0.1, 0.15) is 34.1 Å². The second-order valence-corrected chi connectivity index (χ2v) is 5.97. The minimum atomic E-state index is 0.205. The second kappa shape index (κ2) is 6.85. The highest BCUT2D eigenvalue weighted by Gasteiger charge is 2.35. The molecule has 3 atom stereocenters. The van der Waals surface area contributed by atoms with Gasteiger partial charge in [-0.15, -0.1) is 0 Å². The van der Waals surface area contributed by atoms with E-state index in [-0.39, 0.29) is 17.7 Å². The lowest BCUT2D eigenvalue weighted by atomic mass is 10.0. The van der Waals surface area contributed by atoms with Crippen molar-refractivity contribution in [3.8, 4) is 0 Å². The van der Waals surface area contributed by atoms with Gasteiger partial charge in [-0.25, -0.2) is 0 Å². The zero-order valence-electron chi connectivity index (χ0n) is 12.8. The van der Waals surface area contributed by atoms with Crippen molar-refractivity contribution >= 4 is 0 Å². The minimum Gasteiger partial charge on any atom is -0.377 e. The van der Waals surface area contributed by atoms with Crippen LogP contribution in [0.25, 0.3) is 0 Å². The van der Waals surface area contributed by atoms with Crippen molar-refractivity contribution in [3.63, 3.8) is 0 Å². The third kappa shape index (κ3) is 4.19. The largest absolute Gasteiger partial charge is 0.377 e. The first-order valence-corrected chi connectivity index (χ1v) is 6.98. The van der Waals surface area contributed by atoms with E-state index >= 15 is 0 Å². The fourth-order valence-corrected chi connectivity index (χ4v) is 2.26. The van der Waals surface area contributed by atoms with Crippen LogP contribution in [0.2, 0.25) is 0 Å². The third-order valence-corrected chi connectivity index (χ3v) is 4.23. The number of nitrogens with one attached hydrogen (secondary N) is 1. The van der Waals surface area contributed by atoms with E-state index in [1.807, 2.05) is 0 Å². The van der Waals surface area contributed by atoms with Crippen molar-refractivity contribution in [2.45, 2.75) is 57.9 Å². The third-order valence-electron chi connectivity index (χ3n) is 4.23. The Bertz CT molecular complexity index is 234. The molecule has 0 saturated carbocycles. The summed E-state index contributed by atoms with van der Waals surface area (Å²) in [7, 11) is 3.53. The first-order valence-electron chi connectivity index (χ1n) is 6.98. The summed E-state index contributed by atoms with van der Waals surface area (Å²) in [6.07, 6.45) is 1.55. The van der Waals surface area contributed by atoms with Crippen LogP contribution in [0, 0.1) is 0 Å². The summed E-state index contributed by atoms with van der Waals surface area (Å²) in [6, 6.07) is 0.508. The molecule has 1 fully saturated rings. The monoisotopic (exact) mass is 258 g/mol. The molecule has 1 aliphatic rings. The Balaban J connectivity index is 2.41. The molecule has 1 saturated heterocycles. The molecule has 0 bridgehead atoms. The fourth-order valence-electron chi connectivity index (χ4n) is 2.26. The molecule has 0 aromatic heterocycles. The maximum absolute atomic E-state index is 5.47. The standard InChI is InChI=1S/C14H30N2O2/c1-7-14(3,4)15-8-11(2)16-9-12(17-5)13(10-16)18-6/h11-13,15H,7-10H2,1-6H3. The highest BCUT2D eigenvalue weighted by Crippen LogP contribution is 2.18. The van der Waals surface area contributed by atoms with Gasteiger partial charge in [-0.05, 0) is 27.2 Å². The highest BCUT2D eigenvalue weighted by molar-refractivity contribution is 4.89. The van der Waals surface area contributed by atoms with Gasteiger partial charge in [0.2, 0.25) is 0 Å². The number of hydrogen-bond donors (Lipinski definition) is 1. The van der Waals surface area contributed by atoms with E-state index in [0.29, 0.717) is 6.04 Å². The zero-order chi connectivity index (χ0) is 13.8. The lowest BCUT2D eigenvalue weighted by Crippen LogP contribution is -2.47. The summed E-state index contributed by atoms with van der Waals surface area (Å²) < 4.78 is 10.9. The summed E-state index contributed by atoms with van der Waals surface area (Å²) in [5.74, 6) is 0. The summed E-state index contributed by atoms with van der Waals surface area (Å²) in [6.45, 7) is 11.9. The normalized spacial score (nSPS) is 27.7. The summed E-state index contributed by atoms with van der Waals surface area (Å²) in [5.41, 5.74) is 0.218. The number of rotatable bonds is 7. The Hall–Kier alpha value is -0.160. The summed E-state index contributed by atoms with van der Waals surface area (Å²) in [5, 5.41) is 3.63. The van der Waals surface area contributed by atoms with E-state index in [0.717, 1.165) is 26.1 Å². The second-order valence-electron chi connectivity index (χ2n) is 5.97. The van der Waals surface area contributed by atoms with E-state index in [1.165, 1.54) is 0 Å². The summed E-state index contributed by atoms with van der Waals surface area (Å²) >= 11 is 0. The van der Waals surface area contributed by atoms with Crippen LogP contribution in [-0.4, -0.2) is 62.5 Å². The van der Waals surface area contributed by atoms with Gasteiger partial charge in [0.1, 0.15) is 0 Å². The Morgan fingerprint density at radius 1 is 1.22 bits per heavy atom. The van der Waals surface area contributed by atoms with Gasteiger partial charge in [-0.3, -0.25) is 4.90 Å². The molecule has 0 aromatic carbocycles. The van der Waals surface area contributed by atoms with Crippen LogP contribution >= 0.6 is 0 Å². The van der Waals surface area contributed by atoms with E-state index in [9.17, 15) is 0 Å². The SMILES string of the molecule is CCC(C)(C)NCC(C)N1CC(OC)C(OC)C1. The molecular formula is C14H30N2O2. The first kappa shape index (κ1) is 15.9. The molecule has 0 aliphatic carbocycles. The maximum atomic E-state index is 5.47. The van der Waals surface area contributed by atoms with Crippen molar-refractivity contribution < 1.29 is 9.47 Å². The molecule has 4 nitrogen and oxygen atoms in total. The molecule has 0 radical (unpaired) electrons. The molecule has 0 amide bonds. The molecule has 1 N–H and O–H groups in total. The topological polar surface area (TPSA) is 33.7 Å². The van der Waals surface area contributed by atoms with Gasteiger partial charge in [0.25, 0.3) is 0 Å². The van der Waals surface area contributed by atoms with E-state index in [4.69, 9.17) is 9.47 Å². The van der Waals surface area contributed by atoms with Crippen molar-refractivity contribution in [2.24, 2.45) is 0 Å². The van der Waals surface area contributed by atoms with Crippen LogP contribution in [0.15, 0.2) is 0 Å². The van der Waals surface area contributed by atoms with Crippen LogP contribution in [0.5, 0.6) is 0 Å². The van der Waals surface area contributed by atoms with Crippen molar-refractivity contribution in [1.82, 2.24) is 10.2 Å². The van der Waals surface area contributed by atoms with Gasteiger partial charge in [0.15, 0.2) is 0 Å². The van der Waals surface area contributed by atoms with Crippen molar-refractivity contribution in [3.05, 3.63) is 0 Å². The van der Waals surface area contributed by atoms with Gasteiger partial charge >= 0.3 is 0 Å². The number of methoxy groups -OCH3 is 2. The quantitative estimate of drug-likeness (QED) is 0.750. The average Bonchev–Trinajstić information content (AvgIpc) is 2.79. The van der Waals surface area contributed by atoms with Crippen LogP contribution in [0.3, 0.4) is 0 Å². The zero-order valence-corrected chi connectivity index (χ0v) is 12.8.